The van der Waals surface area contributed by atoms with Crippen LogP contribution in [-0.4, -0.2) is 36.5 Å². The number of amides is 2. The number of nitrogens with one attached hydrogen (secondary N) is 2. The van der Waals surface area contributed by atoms with Crippen LogP contribution < -0.4 is 10.6 Å². The minimum Gasteiger partial charge on any atom is -0.354 e. The van der Waals surface area contributed by atoms with Gasteiger partial charge in [-0.15, -0.1) is 0 Å². The van der Waals surface area contributed by atoms with Crippen LogP contribution in [0.5, 0.6) is 0 Å². The van der Waals surface area contributed by atoms with Crippen molar-refractivity contribution in [2.75, 3.05) is 13.1 Å². The molecule has 125 valence electrons. The van der Waals surface area contributed by atoms with Gasteiger partial charge in [-0.1, -0.05) is 24.3 Å². The highest BCUT2D eigenvalue weighted by Gasteiger charge is 2.29. The smallest absolute Gasteiger partial charge is 0.251 e. The number of hydrogen-bond donors (Lipinski definition) is 2. The molecule has 1 aliphatic rings. The highest BCUT2D eigenvalue weighted by molar-refractivity contribution is 6.28. The van der Waals surface area contributed by atoms with Crippen LogP contribution >= 0.6 is 0 Å². The minimum absolute atomic E-state index is 0.224. The summed E-state index contributed by atoms with van der Waals surface area (Å²) in [6, 6.07) is 11.1. The van der Waals surface area contributed by atoms with Crippen molar-refractivity contribution in [1.82, 2.24) is 10.6 Å². The van der Waals surface area contributed by atoms with Crippen LogP contribution in [0.2, 0.25) is 0 Å². The first-order chi connectivity index (χ1) is 12.0. The number of carbonyl (C=O) groups is 4. The molecule has 0 bridgehead atoms. The standard InChI is InChI=1S/C19H15N2O4/c1-11(22)20-8-9-21-19(25)12-6-7-15-16(10-12)18(24)14-5-3-2-4-13(14)17(15)23/h2-7,10H,1,8-9H2,(H,20,22)(H,21,25). The Morgan fingerprint density at radius 1 is 0.800 bits per heavy atom. The molecule has 0 aliphatic heterocycles. The maximum atomic E-state index is 12.6. The first-order valence-corrected chi connectivity index (χ1v) is 7.69. The van der Waals surface area contributed by atoms with Crippen LogP contribution in [0.1, 0.15) is 42.2 Å². The molecule has 6 nitrogen and oxygen atoms in total. The van der Waals surface area contributed by atoms with Gasteiger partial charge in [0.05, 0.1) is 0 Å². The summed E-state index contributed by atoms with van der Waals surface area (Å²) in [6.45, 7) is 3.65. The van der Waals surface area contributed by atoms with Gasteiger partial charge in [-0.05, 0) is 18.2 Å². The van der Waals surface area contributed by atoms with Crippen molar-refractivity contribution in [2.45, 2.75) is 0 Å². The van der Waals surface area contributed by atoms with Gasteiger partial charge in [0.15, 0.2) is 11.6 Å². The van der Waals surface area contributed by atoms with Crippen LogP contribution in [0.3, 0.4) is 0 Å². The fourth-order valence-electron chi connectivity index (χ4n) is 2.72. The highest BCUT2D eigenvalue weighted by Crippen LogP contribution is 2.27. The van der Waals surface area contributed by atoms with Gasteiger partial charge >= 0.3 is 0 Å². The predicted octanol–water partition coefficient (Wildman–Crippen LogP) is 1.14. The molecule has 0 atom stereocenters. The normalized spacial score (nSPS) is 12.2. The second-order valence-electron chi connectivity index (χ2n) is 5.57. The van der Waals surface area contributed by atoms with E-state index in [0.29, 0.717) is 16.7 Å². The topological polar surface area (TPSA) is 92.3 Å². The zero-order valence-corrected chi connectivity index (χ0v) is 13.3. The Balaban J connectivity index is 1.82. The van der Waals surface area contributed by atoms with Crippen molar-refractivity contribution >= 4 is 23.4 Å². The average molecular weight is 335 g/mol. The highest BCUT2D eigenvalue weighted by atomic mass is 16.2. The molecule has 0 fully saturated rings. The lowest BCUT2D eigenvalue weighted by atomic mass is 9.83. The molecule has 0 unspecified atom stereocenters. The van der Waals surface area contributed by atoms with Crippen molar-refractivity contribution in [3.8, 4) is 0 Å². The maximum Gasteiger partial charge on any atom is 0.251 e. The SMILES string of the molecule is [CH2]C(=O)NCCNC(=O)c1ccc2c(c1)C(=O)c1ccccc1C2=O. The zero-order chi connectivity index (χ0) is 18.0. The first kappa shape index (κ1) is 16.6. The molecule has 0 aromatic heterocycles. The van der Waals surface area contributed by atoms with E-state index in [0.717, 1.165) is 0 Å². The fraction of sp³-hybridized carbons (Fsp3) is 0.105. The second kappa shape index (κ2) is 6.68. The average Bonchev–Trinajstić information content (AvgIpc) is 2.62. The molecule has 0 heterocycles. The van der Waals surface area contributed by atoms with Gasteiger partial charge in [0.2, 0.25) is 5.91 Å². The molecule has 2 aromatic rings. The molecule has 0 spiro atoms. The first-order valence-electron chi connectivity index (χ1n) is 7.69. The third-order valence-electron chi connectivity index (χ3n) is 3.92. The molecule has 0 saturated carbocycles. The quantitative estimate of drug-likeness (QED) is 0.700. The van der Waals surface area contributed by atoms with Crippen LogP contribution in [-0.2, 0) is 4.79 Å². The Labute approximate surface area is 144 Å². The van der Waals surface area contributed by atoms with Crippen molar-refractivity contribution in [3.63, 3.8) is 0 Å². The summed E-state index contributed by atoms with van der Waals surface area (Å²) in [5, 5.41) is 5.09. The molecule has 2 aromatic carbocycles. The number of benzene rings is 2. The fourth-order valence-corrected chi connectivity index (χ4v) is 2.72. The molecule has 2 N–H and O–H groups in total. The Bertz CT molecular complexity index is 902. The van der Waals surface area contributed by atoms with E-state index >= 15 is 0 Å². The van der Waals surface area contributed by atoms with Crippen molar-refractivity contribution in [3.05, 3.63) is 77.2 Å². The van der Waals surface area contributed by atoms with Crippen LogP contribution in [0.15, 0.2) is 42.5 Å². The summed E-state index contributed by atoms with van der Waals surface area (Å²) in [6.07, 6.45) is 0. The second-order valence-corrected chi connectivity index (χ2v) is 5.57. The summed E-state index contributed by atoms with van der Waals surface area (Å²) in [5.41, 5.74) is 1.52. The maximum absolute atomic E-state index is 12.6. The van der Waals surface area contributed by atoms with Crippen molar-refractivity contribution in [2.24, 2.45) is 0 Å². The molecule has 6 heteroatoms. The summed E-state index contributed by atoms with van der Waals surface area (Å²) in [5.74, 6) is -1.31. The molecule has 2 amide bonds. The Morgan fingerprint density at radius 3 is 2.00 bits per heavy atom. The molecule has 1 aliphatic carbocycles. The summed E-state index contributed by atoms with van der Waals surface area (Å²) >= 11 is 0. The number of hydrogen-bond acceptors (Lipinski definition) is 4. The van der Waals surface area contributed by atoms with Gasteiger partial charge in [-0.2, -0.15) is 0 Å². The molecule has 3 rings (SSSR count). The van der Waals surface area contributed by atoms with Crippen LogP contribution in [0, 0.1) is 6.92 Å². The van der Waals surface area contributed by atoms with E-state index in [1.165, 1.54) is 18.2 Å². The van der Waals surface area contributed by atoms with Gasteiger partial charge in [0.1, 0.15) is 0 Å². The number of fused-ring (bicyclic) bond motifs is 2. The van der Waals surface area contributed by atoms with Gasteiger partial charge in [-0.25, -0.2) is 0 Å². The monoisotopic (exact) mass is 335 g/mol. The lowest BCUT2D eigenvalue weighted by Gasteiger charge is -2.18. The van der Waals surface area contributed by atoms with Gasteiger partial charge in [0.25, 0.3) is 5.91 Å². The molecular weight excluding hydrogens is 320 g/mol. The molecule has 0 saturated heterocycles. The van der Waals surface area contributed by atoms with E-state index in [2.05, 4.69) is 17.6 Å². The molecule has 25 heavy (non-hydrogen) atoms. The Morgan fingerprint density at radius 2 is 1.36 bits per heavy atom. The summed E-state index contributed by atoms with van der Waals surface area (Å²) in [4.78, 5) is 48.0. The predicted molar refractivity (Wildman–Crippen MR) is 90.4 cm³/mol. The molecule has 1 radical (unpaired) electrons. The van der Waals surface area contributed by atoms with Gasteiger partial charge in [-0.3, -0.25) is 19.2 Å². The van der Waals surface area contributed by atoms with E-state index in [9.17, 15) is 19.2 Å². The van der Waals surface area contributed by atoms with E-state index in [1.807, 2.05) is 0 Å². The molecular formula is C19H15N2O4. The van der Waals surface area contributed by atoms with E-state index in [-0.39, 0.29) is 41.7 Å². The largest absolute Gasteiger partial charge is 0.354 e. The van der Waals surface area contributed by atoms with Gasteiger partial charge < -0.3 is 10.6 Å². The Kier molecular flexibility index (Phi) is 4.43. The number of ketones is 2. The van der Waals surface area contributed by atoms with Crippen LogP contribution in [0.4, 0.5) is 0 Å². The summed E-state index contributed by atoms with van der Waals surface area (Å²) in [7, 11) is 0. The number of rotatable bonds is 4. The van der Waals surface area contributed by atoms with Crippen molar-refractivity contribution < 1.29 is 19.2 Å². The van der Waals surface area contributed by atoms with E-state index < -0.39 is 5.91 Å². The number of carbonyl (C=O) groups excluding carboxylic acids is 4. The van der Waals surface area contributed by atoms with Gasteiger partial charge in [0, 0.05) is 47.8 Å². The van der Waals surface area contributed by atoms with Crippen LogP contribution in [0.25, 0.3) is 0 Å². The van der Waals surface area contributed by atoms with E-state index in [4.69, 9.17) is 0 Å². The van der Waals surface area contributed by atoms with Crippen molar-refractivity contribution in [1.29, 1.82) is 0 Å². The van der Waals surface area contributed by atoms with E-state index in [1.54, 1.807) is 24.3 Å². The minimum atomic E-state index is -0.425. The zero-order valence-electron chi connectivity index (χ0n) is 13.3. The summed E-state index contributed by atoms with van der Waals surface area (Å²) < 4.78 is 0. The third-order valence-corrected chi connectivity index (χ3v) is 3.92. The third kappa shape index (κ3) is 3.19. The Hall–Kier alpha value is -3.28. The lowest BCUT2D eigenvalue weighted by Crippen LogP contribution is -2.34. The lowest BCUT2D eigenvalue weighted by molar-refractivity contribution is -0.116.